The zero-order valence-corrected chi connectivity index (χ0v) is 13.0. The van der Waals surface area contributed by atoms with Gasteiger partial charge in [-0.2, -0.15) is 0 Å². The number of nitrogens with one attached hydrogen (secondary N) is 2. The first kappa shape index (κ1) is 14.6. The second-order valence-corrected chi connectivity index (χ2v) is 5.80. The third kappa shape index (κ3) is 4.35. The van der Waals surface area contributed by atoms with Crippen molar-refractivity contribution in [1.82, 2.24) is 15.3 Å². The number of hydrogen-bond acceptors (Lipinski definition) is 3. The molecule has 1 heterocycles. The normalized spacial score (nSPS) is 17.2. The van der Waals surface area contributed by atoms with E-state index in [-0.39, 0.29) is 6.03 Å². The van der Waals surface area contributed by atoms with E-state index in [9.17, 15) is 4.79 Å². The van der Waals surface area contributed by atoms with E-state index in [1.54, 1.807) is 12.1 Å². The molecule has 104 valence electrons. The van der Waals surface area contributed by atoms with Gasteiger partial charge < -0.3 is 10.2 Å². The van der Waals surface area contributed by atoms with Crippen LogP contribution in [0, 0.1) is 0 Å². The number of anilines is 1. The van der Waals surface area contributed by atoms with Crippen molar-refractivity contribution >= 4 is 39.2 Å². The fraction of sp³-hybridized carbons (Fsp3) is 0.417. The van der Waals surface area contributed by atoms with Gasteiger partial charge in [-0.3, -0.25) is 5.43 Å². The molecule has 0 saturated carbocycles. The summed E-state index contributed by atoms with van der Waals surface area (Å²) in [4.78, 5) is 14.1. The molecule has 1 fully saturated rings. The predicted molar refractivity (Wildman–Crippen MR) is 80.4 cm³/mol. The van der Waals surface area contributed by atoms with Crippen LogP contribution in [0.15, 0.2) is 22.7 Å². The fourth-order valence-electron chi connectivity index (χ4n) is 1.80. The van der Waals surface area contributed by atoms with Gasteiger partial charge in [-0.05, 0) is 25.2 Å². The summed E-state index contributed by atoms with van der Waals surface area (Å²) in [6.45, 7) is 3.52. The molecule has 1 aromatic carbocycles. The quantitative estimate of drug-likeness (QED) is 0.863. The Balaban J connectivity index is 1.87. The van der Waals surface area contributed by atoms with Gasteiger partial charge in [0, 0.05) is 30.7 Å². The van der Waals surface area contributed by atoms with E-state index in [1.807, 2.05) is 11.1 Å². The van der Waals surface area contributed by atoms with Crippen LogP contribution >= 0.6 is 27.5 Å². The van der Waals surface area contributed by atoms with Crippen LogP contribution in [-0.4, -0.2) is 49.2 Å². The van der Waals surface area contributed by atoms with Crippen molar-refractivity contribution in [2.45, 2.75) is 0 Å². The Hall–Kier alpha value is -0.820. The van der Waals surface area contributed by atoms with Gasteiger partial charge in [0.05, 0.1) is 10.7 Å². The zero-order valence-electron chi connectivity index (χ0n) is 10.6. The van der Waals surface area contributed by atoms with E-state index in [0.717, 1.165) is 30.7 Å². The molecule has 2 N–H and O–H groups in total. The molecule has 5 nitrogen and oxygen atoms in total. The van der Waals surface area contributed by atoms with Crippen molar-refractivity contribution < 1.29 is 4.79 Å². The fourth-order valence-corrected chi connectivity index (χ4v) is 2.52. The number of likely N-dealkylation sites (N-methyl/N-ethyl adjacent to an activating group) is 1. The number of piperazine rings is 1. The Morgan fingerprint density at radius 1 is 1.32 bits per heavy atom. The molecule has 0 spiro atoms. The number of halogens is 2. The molecule has 1 aliphatic rings. The summed E-state index contributed by atoms with van der Waals surface area (Å²) in [5.41, 5.74) is 3.41. The molecule has 7 heteroatoms. The number of benzene rings is 1. The maximum Gasteiger partial charge on any atom is 0.333 e. The van der Waals surface area contributed by atoms with Gasteiger partial charge in [-0.1, -0.05) is 27.5 Å². The largest absolute Gasteiger partial charge is 0.333 e. The predicted octanol–water partition coefficient (Wildman–Crippen LogP) is 2.39. The zero-order chi connectivity index (χ0) is 13.8. The lowest BCUT2D eigenvalue weighted by Crippen LogP contribution is -2.53. The molecule has 0 aliphatic carbocycles. The van der Waals surface area contributed by atoms with Crippen molar-refractivity contribution in [1.29, 1.82) is 0 Å². The van der Waals surface area contributed by atoms with Crippen molar-refractivity contribution in [3.8, 4) is 0 Å². The molecule has 2 amide bonds. The standard InChI is InChI=1S/C12H16BrClN4O/c1-17-4-6-18(7-5-17)16-12(19)15-11-3-2-9(13)8-10(11)14/h2-3,8H,4-7H2,1H3,(H2,15,16,19). The van der Waals surface area contributed by atoms with E-state index in [0.29, 0.717) is 10.7 Å². The highest BCUT2D eigenvalue weighted by Crippen LogP contribution is 2.25. The molecular weight excluding hydrogens is 332 g/mol. The molecule has 0 unspecified atom stereocenters. The average molecular weight is 348 g/mol. The van der Waals surface area contributed by atoms with Gasteiger partial charge in [0.25, 0.3) is 0 Å². The van der Waals surface area contributed by atoms with Crippen molar-refractivity contribution in [3.05, 3.63) is 27.7 Å². The second-order valence-electron chi connectivity index (χ2n) is 4.48. The van der Waals surface area contributed by atoms with Crippen LogP contribution in [0.3, 0.4) is 0 Å². The molecular formula is C12H16BrClN4O. The van der Waals surface area contributed by atoms with Crippen LogP contribution < -0.4 is 10.7 Å². The van der Waals surface area contributed by atoms with E-state index < -0.39 is 0 Å². The number of amides is 2. The van der Waals surface area contributed by atoms with Gasteiger partial charge in [0.2, 0.25) is 0 Å². The Labute approximate surface area is 126 Å². The van der Waals surface area contributed by atoms with Gasteiger partial charge in [0.15, 0.2) is 0 Å². The lowest BCUT2D eigenvalue weighted by molar-refractivity contribution is 0.116. The highest BCUT2D eigenvalue weighted by Gasteiger charge is 2.16. The average Bonchev–Trinajstić information content (AvgIpc) is 2.36. The van der Waals surface area contributed by atoms with Crippen molar-refractivity contribution in [3.63, 3.8) is 0 Å². The minimum absolute atomic E-state index is 0.270. The van der Waals surface area contributed by atoms with Gasteiger partial charge >= 0.3 is 6.03 Å². The first-order valence-electron chi connectivity index (χ1n) is 6.01. The Bertz CT molecular complexity index is 463. The molecule has 1 aromatic rings. The van der Waals surface area contributed by atoms with Crippen LogP contribution in [-0.2, 0) is 0 Å². The summed E-state index contributed by atoms with van der Waals surface area (Å²) in [6.07, 6.45) is 0. The Kier molecular flexibility index (Phi) is 5.04. The lowest BCUT2D eigenvalue weighted by atomic mass is 10.3. The molecule has 0 aromatic heterocycles. The first-order chi connectivity index (χ1) is 9.04. The van der Waals surface area contributed by atoms with Crippen molar-refractivity contribution in [2.24, 2.45) is 0 Å². The van der Waals surface area contributed by atoms with E-state index in [4.69, 9.17) is 11.6 Å². The van der Waals surface area contributed by atoms with Gasteiger partial charge in [0.1, 0.15) is 0 Å². The van der Waals surface area contributed by atoms with Crippen molar-refractivity contribution in [2.75, 3.05) is 38.5 Å². The highest BCUT2D eigenvalue weighted by molar-refractivity contribution is 9.10. The van der Waals surface area contributed by atoms with Crippen LogP contribution in [0.1, 0.15) is 0 Å². The Morgan fingerprint density at radius 2 is 2.00 bits per heavy atom. The smallest absolute Gasteiger partial charge is 0.305 e. The summed E-state index contributed by atoms with van der Waals surface area (Å²) in [6, 6.07) is 5.06. The lowest BCUT2D eigenvalue weighted by Gasteiger charge is -2.32. The molecule has 1 aliphatic heterocycles. The molecule has 2 rings (SSSR count). The molecule has 1 saturated heterocycles. The minimum atomic E-state index is -0.270. The minimum Gasteiger partial charge on any atom is -0.305 e. The Morgan fingerprint density at radius 3 is 2.63 bits per heavy atom. The van der Waals surface area contributed by atoms with Crippen LogP contribution in [0.5, 0.6) is 0 Å². The summed E-state index contributed by atoms with van der Waals surface area (Å²) in [7, 11) is 2.07. The molecule has 19 heavy (non-hydrogen) atoms. The van der Waals surface area contributed by atoms with Crippen LogP contribution in [0.2, 0.25) is 5.02 Å². The summed E-state index contributed by atoms with van der Waals surface area (Å²) in [5.74, 6) is 0. The maximum atomic E-state index is 11.9. The number of hydrogen-bond donors (Lipinski definition) is 2. The maximum absolute atomic E-state index is 11.9. The number of hydrazine groups is 1. The first-order valence-corrected chi connectivity index (χ1v) is 7.18. The third-order valence-electron chi connectivity index (χ3n) is 2.94. The summed E-state index contributed by atoms with van der Waals surface area (Å²) in [5, 5.41) is 5.15. The number of nitrogens with zero attached hydrogens (tertiary/aromatic N) is 2. The number of urea groups is 1. The van der Waals surface area contributed by atoms with E-state index in [1.165, 1.54) is 0 Å². The van der Waals surface area contributed by atoms with E-state index in [2.05, 4.69) is 38.6 Å². The second kappa shape index (κ2) is 6.56. The SMILES string of the molecule is CN1CCN(NC(=O)Nc2ccc(Br)cc2Cl)CC1. The number of carbonyl (C=O) groups is 1. The number of carbonyl (C=O) groups excluding carboxylic acids is 1. The monoisotopic (exact) mass is 346 g/mol. The third-order valence-corrected chi connectivity index (χ3v) is 3.75. The van der Waals surface area contributed by atoms with Gasteiger partial charge in [-0.25, -0.2) is 9.80 Å². The highest BCUT2D eigenvalue weighted by atomic mass is 79.9. The van der Waals surface area contributed by atoms with Gasteiger partial charge in [-0.15, -0.1) is 0 Å². The van der Waals surface area contributed by atoms with Crippen LogP contribution in [0.25, 0.3) is 0 Å². The number of rotatable bonds is 2. The molecule has 0 atom stereocenters. The topological polar surface area (TPSA) is 47.6 Å². The van der Waals surface area contributed by atoms with Crippen LogP contribution in [0.4, 0.5) is 10.5 Å². The van der Waals surface area contributed by atoms with E-state index >= 15 is 0 Å². The molecule has 0 bridgehead atoms. The summed E-state index contributed by atoms with van der Waals surface area (Å²) < 4.78 is 0.877. The summed E-state index contributed by atoms with van der Waals surface area (Å²) >= 11 is 9.36. The molecule has 0 radical (unpaired) electrons.